The molecule has 0 aliphatic heterocycles. The van der Waals surface area contributed by atoms with Crippen LogP contribution < -0.4 is 15.5 Å². The average Bonchev–Trinajstić information content (AvgIpc) is 3.03. The number of aryl methyl sites for hydroxylation is 3. The zero-order valence-electron chi connectivity index (χ0n) is 18.4. The SMILES string of the molecule is CN=C(NCCCn1nc(C)cc1C)NCc1cc(N(C)C)nc2ccccc12.I. The number of nitrogens with zero attached hydrogens (tertiary/aromatic N) is 5. The van der Waals surface area contributed by atoms with E-state index in [2.05, 4.69) is 62.7 Å². The van der Waals surface area contributed by atoms with E-state index in [1.165, 1.54) is 11.3 Å². The lowest BCUT2D eigenvalue weighted by Gasteiger charge is -2.17. The van der Waals surface area contributed by atoms with Crippen molar-refractivity contribution in [3.05, 3.63) is 53.3 Å². The van der Waals surface area contributed by atoms with Gasteiger partial charge in [0.25, 0.3) is 0 Å². The third kappa shape index (κ3) is 6.07. The van der Waals surface area contributed by atoms with Gasteiger partial charge in [0.15, 0.2) is 5.96 Å². The maximum Gasteiger partial charge on any atom is 0.191 e. The third-order valence-electron chi connectivity index (χ3n) is 4.86. The molecule has 162 valence electrons. The van der Waals surface area contributed by atoms with E-state index in [1.807, 2.05) is 32.0 Å². The first-order valence-corrected chi connectivity index (χ1v) is 9.99. The van der Waals surface area contributed by atoms with E-state index < -0.39 is 0 Å². The quantitative estimate of drug-likeness (QED) is 0.216. The van der Waals surface area contributed by atoms with Gasteiger partial charge in [-0.25, -0.2) is 4.98 Å². The Morgan fingerprint density at radius 1 is 1.13 bits per heavy atom. The van der Waals surface area contributed by atoms with Crippen molar-refractivity contribution in [1.82, 2.24) is 25.4 Å². The second kappa shape index (κ2) is 11.1. The summed E-state index contributed by atoms with van der Waals surface area (Å²) in [6.45, 7) is 6.52. The molecule has 0 spiro atoms. The lowest BCUT2D eigenvalue weighted by atomic mass is 10.1. The molecule has 2 heterocycles. The molecule has 0 fully saturated rings. The van der Waals surface area contributed by atoms with Crippen molar-refractivity contribution in [2.24, 2.45) is 4.99 Å². The molecule has 30 heavy (non-hydrogen) atoms. The number of aliphatic imine (C=N–C) groups is 1. The first kappa shape index (κ1) is 23.9. The van der Waals surface area contributed by atoms with E-state index in [9.17, 15) is 0 Å². The lowest BCUT2D eigenvalue weighted by Crippen LogP contribution is -2.37. The van der Waals surface area contributed by atoms with Crippen LogP contribution in [-0.4, -0.2) is 48.4 Å². The van der Waals surface area contributed by atoms with Gasteiger partial charge in [0.2, 0.25) is 0 Å². The molecule has 3 rings (SSSR count). The first-order chi connectivity index (χ1) is 14.0. The summed E-state index contributed by atoms with van der Waals surface area (Å²) >= 11 is 0. The molecule has 2 N–H and O–H groups in total. The fourth-order valence-electron chi connectivity index (χ4n) is 3.34. The number of nitrogens with one attached hydrogen (secondary N) is 2. The second-order valence-corrected chi connectivity index (χ2v) is 7.41. The molecule has 2 aromatic heterocycles. The number of hydrogen-bond donors (Lipinski definition) is 2. The van der Waals surface area contributed by atoms with Gasteiger partial charge in [-0.15, -0.1) is 24.0 Å². The minimum Gasteiger partial charge on any atom is -0.363 e. The number of guanidine groups is 1. The molecular weight excluding hydrogens is 489 g/mol. The van der Waals surface area contributed by atoms with Crippen LogP contribution >= 0.6 is 24.0 Å². The molecule has 0 saturated carbocycles. The van der Waals surface area contributed by atoms with Crippen molar-refractivity contribution in [2.75, 3.05) is 32.6 Å². The molecule has 3 aromatic rings. The van der Waals surface area contributed by atoms with Gasteiger partial charge in [-0.2, -0.15) is 5.10 Å². The number of hydrogen-bond acceptors (Lipinski definition) is 4. The number of benzene rings is 1. The summed E-state index contributed by atoms with van der Waals surface area (Å²) in [4.78, 5) is 11.1. The Morgan fingerprint density at radius 2 is 1.90 bits per heavy atom. The van der Waals surface area contributed by atoms with Gasteiger partial charge in [-0.3, -0.25) is 9.67 Å². The van der Waals surface area contributed by atoms with Crippen LogP contribution in [0.4, 0.5) is 5.82 Å². The Labute approximate surface area is 196 Å². The van der Waals surface area contributed by atoms with E-state index >= 15 is 0 Å². The van der Waals surface area contributed by atoms with Crippen molar-refractivity contribution < 1.29 is 0 Å². The summed E-state index contributed by atoms with van der Waals surface area (Å²) in [6, 6.07) is 12.5. The fourth-order valence-corrected chi connectivity index (χ4v) is 3.34. The van der Waals surface area contributed by atoms with Gasteiger partial charge in [-0.1, -0.05) is 18.2 Å². The van der Waals surface area contributed by atoms with Crippen LogP contribution in [0.15, 0.2) is 41.4 Å². The van der Waals surface area contributed by atoms with Gasteiger partial charge >= 0.3 is 0 Å². The second-order valence-electron chi connectivity index (χ2n) is 7.41. The maximum absolute atomic E-state index is 4.72. The number of fused-ring (bicyclic) bond motifs is 1. The number of para-hydroxylation sites is 1. The summed E-state index contributed by atoms with van der Waals surface area (Å²) < 4.78 is 2.05. The van der Waals surface area contributed by atoms with Gasteiger partial charge in [-0.05, 0) is 44.0 Å². The van der Waals surface area contributed by atoms with Crippen molar-refractivity contribution in [3.8, 4) is 0 Å². The number of rotatable bonds is 7. The third-order valence-corrected chi connectivity index (χ3v) is 4.86. The summed E-state index contributed by atoms with van der Waals surface area (Å²) in [5, 5.41) is 12.5. The van der Waals surface area contributed by atoms with Crippen molar-refractivity contribution in [1.29, 1.82) is 0 Å². The Bertz CT molecular complexity index is 994. The number of aromatic nitrogens is 3. The normalized spacial score (nSPS) is 11.3. The highest BCUT2D eigenvalue weighted by molar-refractivity contribution is 14.0. The molecule has 8 heteroatoms. The fraction of sp³-hybridized carbons (Fsp3) is 0.409. The molecule has 0 aliphatic carbocycles. The summed E-state index contributed by atoms with van der Waals surface area (Å²) in [6.07, 6.45) is 0.978. The number of pyridine rings is 1. The topological polar surface area (TPSA) is 70.4 Å². The highest BCUT2D eigenvalue weighted by atomic mass is 127. The van der Waals surface area contributed by atoms with Gasteiger partial charge in [0.1, 0.15) is 5.82 Å². The predicted molar refractivity (Wildman–Crippen MR) is 136 cm³/mol. The van der Waals surface area contributed by atoms with E-state index in [1.54, 1.807) is 7.05 Å². The van der Waals surface area contributed by atoms with Crippen LogP contribution in [0.25, 0.3) is 10.9 Å². The van der Waals surface area contributed by atoms with Crippen LogP contribution in [0.3, 0.4) is 0 Å². The zero-order valence-corrected chi connectivity index (χ0v) is 20.8. The molecule has 0 aliphatic rings. The Hall–Kier alpha value is -2.36. The van der Waals surface area contributed by atoms with Crippen LogP contribution in [0, 0.1) is 13.8 Å². The van der Waals surface area contributed by atoms with Gasteiger partial charge in [0, 0.05) is 51.9 Å². The number of halogens is 1. The largest absolute Gasteiger partial charge is 0.363 e. The first-order valence-electron chi connectivity index (χ1n) is 9.99. The van der Waals surface area contributed by atoms with Crippen molar-refractivity contribution >= 4 is 46.7 Å². The summed E-state index contributed by atoms with van der Waals surface area (Å²) in [5.74, 6) is 1.75. The molecule has 0 saturated heterocycles. The van der Waals surface area contributed by atoms with E-state index in [-0.39, 0.29) is 24.0 Å². The van der Waals surface area contributed by atoms with Crippen LogP contribution in [0.2, 0.25) is 0 Å². The molecule has 0 amide bonds. The molecular formula is C22H32IN7. The molecule has 7 nitrogen and oxygen atoms in total. The lowest BCUT2D eigenvalue weighted by molar-refractivity contribution is 0.555. The minimum atomic E-state index is 0. The Kier molecular flexibility index (Phi) is 8.88. The van der Waals surface area contributed by atoms with Crippen LogP contribution in [0.5, 0.6) is 0 Å². The smallest absolute Gasteiger partial charge is 0.191 e. The van der Waals surface area contributed by atoms with Crippen molar-refractivity contribution in [3.63, 3.8) is 0 Å². The molecule has 0 radical (unpaired) electrons. The molecule has 1 aromatic carbocycles. The monoisotopic (exact) mass is 521 g/mol. The standard InChI is InChI=1S/C22H31N7.HI/c1-16-13-17(2)29(27-16)12-8-11-24-22(23-3)25-15-18-14-21(28(4)5)26-20-10-7-6-9-19(18)20;/h6-7,9-10,13-14H,8,11-12,15H2,1-5H3,(H2,23,24,25);1H. The van der Waals surface area contributed by atoms with Crippen molar-refractivity contribution in [2.45, 2.75) is 33.4 Å². The molecule has 0 atom stereocenters. The zero-order chi connectivity index (χ0) is 20.8. The summed E-state index contributed by atoms with van der Waals surface area (Å²) in [5.41, 5.74) is 4.47. The molecule has 0 bridgehead atoms. The minimum absolute atomic E-state index is 0. The Balaban J connectivity index is 0.00000320. The van der Waals surface area contributed by atoms with E-state index in [0.29, 0.717) is 6.54 Å². The van der Waals surface area contributed by atoms with Crippen LogP contribution in [-0.2, 0) is 13.1 Å². The van der Waals surface area contributed by atoms with Gasteiger partial charge in [0.05, 0.1) is 11.2 Å². The Morgan fingerprint density at radius 3 is 2.57 bits per heavy atom. The molecule has 0 unspecified atom stereocenters. The predicted octanol–water partition coefficient (Wildman–Crippen LogP) is 3.49. The van der Waals surface area contributed by atoms with Crippen LogP contribution in [0.1, 0.15) is 23.4 Å². The van der Waals surface area contributed by atoms with Gasteiger partial charge < -0.3 is 15.5 Å². The maximum atomic E-state index is 4.72. The number of anilines is 1. The average molecular weight is 521 g/mol. The van der Waals surface area contributed by atoms with E-state index in [4.69, 9.17) is 4.98 Å². The highest BCUT2D eigenvalue weighted by Crippen LogP contribution is 2.21. The summed E-state index contributed by atoms with van der Waals surface area (Å²) in [7, 11) is 5.82. The van der Waals surface area contributed by atoms with E-state index in [0.717, 1.165) is 47.9 Å². The highest BCUT2D eigenvalue weighted by Gasteiger charge is 2.08.